The molecule has 4 aliphatic heterocycles. The number of phosphoric acid groups is 1. The van der Waals surface area contributed by atoms with Gasteiger partial charge in [0.05, 0.1) is 51.7 Å². The van der Waals surface area contributed by atoms with Crippen LogP contribution in [-0.4, -0.2) is 247 Å². The lowest BCUT2D eigenvalue weighted by atomic mass is 10.1. The minimum atomic E-state index is -5.48. The molecule has 92 heavy (non-hydrogen) atoms. The molecule has 0 aromatic carbocycles. The zero-order chi connectivity index (χ0) is 65.3. The second kappa shape index (κ2) is 25.7. The summed E-state index contributed by atoms with van der Waals surface area (Å²) in [5.41, 5.74) is 24.3. The zero-order valence-electron chi connectivity index (χ0n) is 46.7. The lowest BCUT2D eigenvalue weighted by Crippen LogP contribution is -2.37. The summed E-state index contributed by atoms with van der Waals surface area (Å²) in [6.07, 6.45) is -21.3. The molecule has 45 nitrogen and oxygen atoms in total. The summed E-state index contributed by atoms with van der Waals surface area (Å²) < 4.78 is 120. The van der Waals surface area contributed by atoms with E-state index >= 15 is 0 Å². The highest BCUT2D eigenvalue weighted by atomic mass is 31.2. The quantitative estimate of drug-likeness (QED) is 0.0241. The Hall–Kier alpha value is -6.52. The molecule has 3 unspecified atom stereocenters. The van der Waals surface area contributed by atoms with E-state index in [1.807, 2.05) is 0 Å². The van der Waals surface area contributed by atoms with Crippen LogP contribution in [0.15, 0.2) is 50.6 Å². The number of hydrogen-bond donors (Lipinski definition) is 14. The van der Waals surface area contributed by atoms with Crippen LogP contribution in [0.2, 0.25) is 0 Å². The van der Waals surface area contributed by atoms with Gasteiger partial charge in [0.15, 0.2) is 70.8 Å². The van der Waals surface area contributed by atoms with Crippen LogP contribution in [0.4, 0.5) is 23.3 Å². The number of fused-ring (bicyclic) bond motifs is 4. The molecule has 18 N–H and O–H groups in total. The molecule has 4 fully saturated rings. The Morgan fingerprint density at radius 2 is 0.696 bits per heavy atom. The Bertz CT molecular complexity index is 4210. The van der Waals surface area contributed by atoms with Gasteiger partial charge in [0.2, 0.25) is 0 Å². The number of ether oxygens (including phenoxy) is 7. The molecule has 498 valence electrons. The summed E-state index contributed by atoms with van der Waals surface area (Å²) in [5, 5.41) is 56.8. The highest BCUT2D eigenvalue weighted by Gasteiger charge is 2.54. The van der Waals surface area contributed by atoms with Crippen molar-refractivity contribution in [2.24, 2.45) is 0 Å². The van der Waals surface area contributed by atoms with Crippen molar-refractivity contribution in [2.75, 3.05) is 68.4 Å². The van der Waals surface area contributed by atoms with Crippen molar-refractivity contribution in [2.45, 2.75) is 98.2 Å². The van der Waals surface area contributed by atoms with Gasteiger partial charge in [0.25, 0.3) is 0 Å². The highest BCUT2D eigenvalue weighted by Crippen LogP contribution is 2.54. The average Bonchev–Trinajstić information content (AvgIpc) is 1.64. The maximum absolute atomic E-state index is 14.1. The summed E-state index contributed by atoms with van der Waals surface area (Å²) in [5.74, 6) is -0.240. The predicted octanol–water partition coefficient (Wildman–Crippen LogP) is -4.19. The molecule has 0 saturated carbocycles. The van der Waals surface area contributed by atoms with Gasteiger partial charge in [-0.2, -0.15) is 0 Å². The molecule has 0 aliphatic carbocycles. The maximum atomic E-state index is 14.1. The molecular formula is C43H56N20O25P4. The predicted molar refractivity (Wildman–Crippen MR) is 299 cm³/mol. The molecule has 4 aliphatic rings. The monoisotopic (exact) mass is 1380 g/mol. The third-order valence-corrected chi connectivity index (χ3v) is 18.4. The lowest BCUT2D eigenvalue weighted by molar-refractivity contribution is -0.0662. The number of nitrogen functional groups attached to an aromatic ring is 4. The molecule has 49 heteroatoms. The largest absolute Gasteiger partial charge is 0.472 e. The first-order chi connectivity index (χ1) is 43.7. The van der Waals surface area contributed by atoms with Crippen LogP contribution >= 0.6 is 30.6 Å². The van der Waals surface area contributed by atoms with Crippen LogP contribution in [0.3, 0.4) is 0 Å². The highest BCUT2D eigenvalue weighted by molar-refractivity contribution is 7.53. The molecule has 8 aromatic rings. The van der Waals surface area contributed by atoms with Crippen molar-refractivity contribution in [3.63, 3.8) is 0 Å². The first-order valence-corrected chi connectivity index (χ1v) is 33.7. The number of aliphatic hydroxyl groups is 5. The zero-order valence-corrected chi connectivity index (χ0v) is 50.2. The Labute approximate surface area is 512 Å². The van der Waals surface area contributed by atoms with Crippen molar-refractivity contribution in [1.29, 1.82) is 0 Å². The van der Waals surface area contributed by atoms with Crippen LogP contribution in [0.5, 0.6) is 0 Å². The van der Waals surface area contributed by atoms with E-state index in [4.69, 9.17) is 74.2 Å². The number of rotatable bonds is 25. The average molecular weight is 1380 g/mol. The smallest absolute Gasteiger partial charge is 0.387 e. The standard InChI is InChI=1S/C43H56N20O25P4/c44-32-20-36(52-5-48-32)60(9-56-20)40-28(68)24(64)16(82-40)1-79-14-90(72,73)86-29-25(65)18(83-41(29)61-10-57-21-33(45)49-6-53-37(21)61)3-80-15-91(74,75)87-30-27(67)19(85-42(30)62-11-58-22-34(46)50-7-54-38(22)62)4-81-92(76,77)88-31-26(66)17(2-78-13-89(69,70)71)84-43(31)63-12-59-23-35(47)51-8-55-39(23)63/h5-12,16-19,24-31,40-43,64-68H,1-4,13-15H2,(H,72,73)(H,74,75)(H,76,77)(H2,44,48,52)(H2,45,49,53)(H2,46,50,54)(H2,47,51,55)(H2,69,70,71)/t16-,17-,18-,19-,24-,25-,26-,27-,28-,29-,30-,31-,40-,41-,42-,43-/m1/s1. The molecule has 12 rings (SSSR count). The number of aromatic nitrogens is 16. The molecule has 8 aromatic heterocycles. The second-order valence-corrected chi connectivity index (χ2v) is 27.4. The van der Waals surface area contributed by atoms with E-state index in [1.165, 1.54) is 15.5 Å². The minimum Gasteiger partial charge on any atom is -0.387 e. The number of phosphoric ester groups is 1. The molecule has 0 bridgehead atoms. The van der Waals surface area contributed by atoms with E-state index in [9.17, 15) is 68.3 Å². The summed E-state index contributed by atoms with van der Waals surface area (Å²) in [4.78, 5) is 101. The number of anilines is 4. The molecule has 0 radical (unpaired) electrons. The summed E-state index contributed by atoms with van der Waals surface area (Å²) in [6.45, 7) is -3.11. The van der Waals surface area contributed by atoms with E-state index in [-0.39, 0.29) is 67.9 Å². The maximum Gasteiger partial charge on any atom is 0.472 e. The molecule has 0 amide bonds. The third kappa shape index (κ3) is 13.2. The van der Waals surface area contributed by atoms with Crippen LogP contribution in [0.25, 0.3) is 44.7 Å². The fourth-order valence-corrected chi connectivity index (χ4v) is 13.8. The summed E-state index contributed by atoms with van der Waals surface area (Å²) in [6, 6.07) is 0. The fraction of sp³-hybridized carbons (Fsp3) is 0.535. The van der Waals surface area contributed by atoms with Crippen LogP contribution in [0.1, 0.15) is 24.9 Å². The first kappa shape index (κ1) is 65.5. The topological polar surface area (TPSA) is 651 Å². The van der Waals surface area contributed by atoms with Crippen molar-refractivity contribution < 1.29 is 120 Å². The SMILES string of the molecule is Nc1ncnc2c1ncn2[C@@H]1O[C@H](COCP(=O)(O)O[C@@H]2[C@H](O)[C@@H](COCP(=O)(O)O[C@@H]3[C@H](O)[C@@H](COP(=O)(O)O[C@@H]4[C@H](O)[C@@H](COCP(=O)(O)O)O[C@H]4n4cnc5c(N)ncnc54)O[C@H]3n3cnc4c(N)ncnc43)O[C@H]2n2cnc3c(N)ncnc32)[C@@H](O)[C@H]1O. The normalized spacial score (nSPS) is 30.7. The van der Waals surface area contributed by atoms with E-state index in [2.05, 4.69) is 59.8 Å². The van der Waals surface area contributed by atoms with Gasteiger partial charge in [-0.1, -0.05) is 0 Å². The van der Waals surface area contributed by atoms with E-state index in [1.54, 1.807) is 0 Å². The van der Waals surface area contributed by atoms with Gasteiger partial charge >= 0.3 is 30.6 Å². The van der Waals surface area contributed by atoms with Crippen LogP contribution < -0.4 is 22.9 Å². The number of imidazole rings is 4. The van der Waals surface area contributed by atoms with Gasteiger partial charge in [-0.3, -0.25) is 50.1 Å². The number of nitrogens with two attached hydrogens (primary N) is 4. The van der Waals surface area contributed by atoms with Gasteiger partial charge in [0.1, 0.15) is 140 Å². The Morgan fingerprint density at radius 1 is 0.391 bits per heavy atom. The minimum absolute atomic E-state index is 0.00200. The van der Waals surface area contributed by atoms with Gasteiger partial charge < -0.3 is 106 Å². The van der Waals surface area contributed by atoms with E-state index in [0.29, 0.717) is 0 Å². The Kier molecular flexibility index (Phi) is 18.3. The van der Waals surface area contributed by atoms with Crippen molar-refractivity contribution in [3.8, 4) is 0 Å². The Morgan fingerprint density at radius 3 is 1.05 bits per heavy atom. The number of aliphatic hydroxyl groups excluding tert-OH is 5. The summed E-state index contributed by atoms with van der Waals surface area (Å²) in [7, 11) is -20.3. The van der Waals surface area contributed by atoms with Crippen molar-refractivity contribution in [1.82, 2.24) is 78.1 Å². The molecule has 19 atom stereocenters. The van der Waals surface area contributed by atoms with E-state index < -0.39 is 174 Å². The fourth-order valence-electron chi connectivity index (χ4n) is 10.6. The van der Waals surface area contributed by atoms with Gasteiger partial charge in [-0.15, -0.1) is 0 Å². The lowest BCUT2D eigenvalue weighted by Gasteiger charge is -2.25. The Balaban J connectivity index is 0.718. The van der Waals surface area contributed by atoms with Crippen molar-refractivity contribution in [3.05, 3.63) is 50.6 Å². The van der Waals surface area contributed by atoms with Crippen LogP contribution in [-0.2, 0) is 69.5 Å². The summed E-state index contributed by atoms with van der Waals surface area (Å²) >= 11 is 0. The van der Waals surface area contributed by atoms with Gasteiger partial charge in [0, 0.05) is 0 Å². The number of nitrogens with zero attached hydrogens (tertiary/aromatic N) is 16. The molecular weight excluding hydrogens is 1320 g/mol. The van der Waals surface area contributed by atoms with E-state index in [0.717, 1.165) is 53.4 Å². The number of hydrogen-bond acceptors (Lipinski definition) is 36. The molecule has 4 saturated heterocycles. The first-order valence-electron chi connectivity index (χ1n) is 26.8. The molecule has 12 heterocycles. The van der Waals surface area contributed by atoms with Crippen molar-refractivity contribution >= 4 is 98.5 Å². The van der Waals surface area contributed by atoms with Gasteiger partial charge in [-0.05, 0) is 0 Å². The van der Waals surface area contributed by atoms with Gasteiger partial charge in [-0.25, -0.2) is 64.4 Å². The molecule has 0 spiro atoms. The van der Waals surface area contributed by atoms with Crippen LogP contribution in [0, 0.1) is 0 Å². The second-order valence-electron chi connectivity index (χ2n) is 21.0. The third-order valence-electron chi connectivity index (χ3n) is 14.8.